The highest BCUT2D eigenvalue weighted by molar-refractivity contribution is 5.85. The van der Waals surface area contributed by atoms with Crippen LogP contribution < -0.4 is 16.4 Å². The molecule has 0 aliphatic rings. The van der Waals surface area contributed by atoms with Gasteiger partial charge in [-0.05, 0) is 67.3 Å². The van der Waals surface area contributed by atoms with E-state index in [0.717, 1.165) is 6.42 Å². The van der Waals surface area contributed by atoms with Gasteiger partial charge in [0.25, 0.3) is 0 Å². The fourth-order valence-corrected chi connectivity index (χ4v) is 1.85. The third-order valence-corrected chi connectivity index (χ3v) is 3.06. The van der Waals surface area contributed by atoms with Crippen LogP contribution in [0, 0.1) is 0 Å². The lowest BCUT2D eigenvalue weighted by molar-refractivity contribution is -0.157. The van der Waals surface area contributed by atoms with Crippen LogP contribution in [-0.4, -0.2) is 59.4 Å². The molecule has 0 aromatic heterocycles. The maximum absolute atomic E-state index is 12.2. The van der Waals surface area contributed by atoms with Gasteiger partial charge in [-0.1, -0.05) is 6.92 Å². The number of carboxylic acid groups (broad SMARTS) is 1. The van der Waals surface area contributed by atoms with Crippen LogP contribution in [0.2, 0.25) is 0 Å². The maximum atomic E-state index is 12.2. The van der Waals surface area contributed by atoms with Crippen LogP contribution in [0.5, 0.6) is 0 Å². The van der Waals surface area contributed by atoms with Crippen molar-refractivity contribution in [3.05, 3.63) is 0 Å². The average Bonchev–Trinajstić information content (AvgIpc) is 2.56. The first-order chi connectivity index (χ1) is 13.6. The van der Waals surface area contributed by atoms with Gasteiger partial charge in [0.2, 0.25) is 0 Å². The van der Waals surface area contributed by atoms with E-state index in [1.807, 2.05) is 0 Å². The van der Waals surface area contributed by atoms with Crippen molar-refractivity contribution in [2.24, 2.45) is 5.73 Å². The molecule has 0 aromatic rings. The summed E-state index contributed by atoms with van der Waals surface area (Å²) in [7, 11) is 0. The Morgan fingerprint density at radius 3 is 1.87 bits per heavy atom. The molecule has 0 fully saturated rings. The van der Waals surface area contributed by atoms with Crippen LogP contribution in [0.15, 0.2) is 0 Å². The number of aliphatic carboxylic acids is 1. The molecule has 0 aliphatic carbocycles. The van der Waals surface area contributed by atoms with E-state index in [-0.39, 0.29) is 13.0 Å². The zero-order valence-electron chi connectivity index (χ0n) is 19.3. The Kier molecular flexibility index (Phi) is 14.5. The van der Waals surface area contributed by atoms with Gasteiger partial charge in [-0.3, -0.25) is 9.59 Å². The Morgan fingerprint density at radius 2 is 1.47 bits per heavy atom. The lowest BCUT2D eigenvalue weighted by Gasteiger charge is -2.25. The predicted molar refractivity (Wildman–Crippen MR) is 113 cm³/mol. The molecule has 0 aromatic carbocycles. The van der Waals surface area contributed by atoms with Crippen LogP contribution in [0.3, 0.4) is 0 Å². The summed E-state index contributed by atoms with van der Waals surface area (Å²) >= 11 is 0. The molecule has 0 spiro atoms. The second-order valence-corrected chi connectivity index (χ2v) is 8.53. The molecule has 10 heteroatoms. The monoisotopic (exact) mass is 433 g/mol. The minimum Gasteiger partial charge on any atom is -0.481 e. The van der Waals surface area contributed by atoms with Gasteiger partial charge in [0.15, 0.2) is 0 Å². The largest absolute Gasteiger partial charge is 0.481 e. The van der Waals surface area contributed by atoms with Gasteiger partial charge in [0.1, 0.15) is 23.8 Å². The first-order valence-electron chi connectivity index (χ1n) is 10.0. The van der Waals surface area contributed by atoms with Gasteiger partial charge in [-0.15, -0.1) is 0 Å². The lowest BCUT2D eigenvalue weighted by Crippen LogP contribution is -2.49. The highest BCUT2D eigenvalue weighted by atomic mass is 16.6. The zero-order valence-corrected chi connectivity index (χ0v) is 19.3. The Bertz CT molecular complexity index is 552. The number of nitrogens with one attached hydrogen (secondary N) is 2. The first kappa shape index (κ1) is 29.8. The highest BCUT2D eigenvalue weighted by Gasteiger charge is 2.26. The highest BCUT2D eigenvalue weighted by Crippen LogP contribution is 2.11. The normalized spacial score (nSPS) is 12.0. The standard InChI is InChI=1S/C17H33N3O5.C3H6O2/c1-16(2,3)24-13(21)11-19-15(23)20-12(9-7-8-10-18)14(22)25-17(4,5)6;1-2-3(4)5/h12H,7-11,18H2,1-6H3,(H2,19,20,23);2H2,1H3,(H,4,5)/t12-;/m0./s1. The minimum atomic E-state index is -0.801. The Labute approximate surface area is 179 Å². The molecule has 0 saturated heterocycles. The number of carboxylic acids is 1. The summed E-state index contributed by atoms with van der Waals surface area (Å²) in [6.45, 7) is 12.3. The number of ether oxygens (including phenoxy) is 2. The number of esters is 2. The van der Waals surface area contributed by atoms with Gasteiger partial charge in [0.05, 0.1) is 0 Å². The zero-order chi connectivity index (χ0) is 24.0. The van der Waals surface area contributed by atoms with Gasteiger partial charge in [-0.2, -0.15) is 0 Å². The third kappa shape index (κ3) is 20.4. The predicted octanol–water partition coefficient (Wildman–Crippen LogP) is 1.95. The fourth-order valence-electron chi connectivity index (χ4n) is 1.85. The van der Waals surface area contributed by atoms with Crippen molar-refractivity contribution >= 4 is 23.9 Å². The van der Waals surface area contributed by atoms with E-state index in [1.54, 1.807) is 48.5 Å². The number of urea groups is 1. The SMILES string of the molecule is CC(C)(C)OC(=O)CNC(=O)N[C@@H](CCCCN)C(=O)OC(C)(C)C.CCC(=O)O. The molecule has 0 radical (unpaired) electrons. The summed E-state index contributed by atoms with van der Waals surface area (Å²) in [5, 5.41) is 12.7. The molecule has 0 bridgehead atoms. The van der Waals surface area contributed by atoms with Crippen molar-refractivity contribution in [1.29, 1.82) is 0 Å². The Balaban J connectivity index is 0. The topological polar surface area (TPSA) is 157 Å². The number of carbonyl (C=O) groups excluding carboxylic acids is 3. The van der Waals surface area contributed by atoms with Gasteiger partial charge in [0, 0.05) is 6.42 Å². The number of rotatable bonds is 9. The smallest absolute Gasteiger partial charge is 0.329 e. The molecule has 1 atom stereocenters. The quantitative estimate of drug-likeness (QED) is 0.317. The molecule has 10 nitrogen and oxygen atoms in total. The van der Waals surface area contributed by atoms with Crippen molar-refractivity contribution < 1.29 is 33.8 Å². The molecule has 0 unspecified atom stereocenters. The number of hydrogen-bond donors (Lipinski definition) is 4. The van der Waals surface area contributed by atoms with Crippen molar-refractivity contribution in [3.8, 4) is 0 Å². The van der Waals surface area contributed by atoms with E-state index in [1.165, 1.54) is 0 Å². The summed E-state index contributed by atoms with van der Waals surface area (Å²) in [5.74, 6) is -1.82. The van der Waals surface area contributed by atoms with Crippen molar-refractivity contribution in [1.82, 2.24) is 10.6 Å². The molecule has 0 aliphatic heterocycles. The second kappa shape index (κ2) is 14.6. The Hall–Kier alpha value is -2.36. The average molecular weight is 434 g/mol. The van der Waals surface area contributed by atoms with Crippen molar-refractivity contribution in [2.75, 3.05) is 13.1 Å². The van der Waals surface area contributed by atoms with E-state index in [4.69, 9.17) is 20.3 Å². The molecule has 5 N–H and O–H groups in total. The molecule has 0 saturated carbocycles. The molecular formula is C20H39N3O7. The van der Waals surface area contributed by atoms with Crippen molar-refractivity contribution in [3.63, 3.8) is 0 Å². The van der Waals surface area contributed by atoms with Crippen LogP contribution >= 0.6 is 0 Å². The third-order valence-electron chi connectivity index (χ3n) is 3.06. The number of hydrogen-bond acceptors (Lipinski definition) is 7. The molecular weight excluding hydrogens is 394 g/mol. The number of unbranched alkanes of at least 4 members (excludes halogenated alkanes) is 1. The summed E-state index contributed by atoms with van der Waals surface area (Å²) < 4.78 is 10.4. The van der Waals surface area contributed by atoms with E-state index >= 15 is 0 Å². The van der Waals surface area contributed by atoms with Gasteiger partial charge >= 0.3 is 23.9 Å². The van der Waals surface area contributed by atoms with E-state index in [2.05, 4.69) is 10.6 Å². The summed E-state index contributed by atoms with van der Waals surface area (Å²) in [4.78, 5) is 45.2. The molecule has 2 amide bonds. The van der Waals surface area contributed by atoms with E-state index in [9.17, 15) is 19.2 Å². The maximum Gasteiger partial charge on any atom is 0.329 e. The second-order valence-electron chi connectivity index (χ2n) is 8.53. The first-order valence-corrected chi connectivity index (χ1v) is 10.0. The minimum absolute atomic E-state index is 0.222. The number of carbonyl (C=O) groups is 4. The lowest BCUT2D eigenvalue weighted by atomic mass is 10.1. The Morgan fingerprint density at radius 1 is 0.967 bits per heavy atom. The van der Waals surface area contributed by atoms with Gasteiger partial charge < -0.3 is 30.9 Å². The van der Waals surface area contributed by atoms with E-state index < -0.39 is 41.2 Å². The number of nitrogens with two attached hydrogens (primary N) is 1. The summed E-state index contributed by atoms with van der Waals surface area (Å²) in [6.07, 6.45) is 2.04. The van der Waals surface area contributed by atoms with Crippen molar-refractivity contribution in [2.45, 2.75) is 91.4 Å². The van der Waals surface area contributed by atoms with Gasteiger partial charge in [-0.25, -0.2) is 9.59 Å². The molecule has 0 heterocycles. The van der Waals surface area contributed by atoms with Crippen LogP contribution in [-0.2, 0) is 23.9 Å². The van der Waals surface area contributed by atoms with Crippen LogP contribution in [0.1, 0.15) is 74.1 Å². The summed E-state index contributed by atoms with van der Waals surface area (Å²) in [6, 6.07) is -1.43. The molecule has 30 heavy (non-hydrogen) atoms. The molecule has 176 valence electrons. The molecule has 0 rings (SSSR count). The van der Waals surface area contributed by atoms with Crippen LogP contribution in [0.4, 0.5) is 4.79 Å². The number of amides is 2. The summed E-state index contributed by atoms with van der Waals surface area (Å²) in [5.41, 5.74) is 4.17. The fraction of sp³-hybridized carbons (Fsp3) is 0.800. The van der Waals surface area contributed by atoms with Crippen LogP contribution in [0.25, 0.3) is 0 Å². The van der Waals surface area contributed by atoms with E-state index in [0.29, 0.717) is 19.4 Å².